The topological polar surface area (TPSA) is 73.2 Å². The minimum atomic E-state index is -0.0769. The second kappa shape index (κ2) is 10.3. The van der Waals surface area contributed by atoms with Gasteiger partial charge in [0.2, 0.25) is 5.91 Å². The highest BCUT2D eigenvalue weighted by Gasteiger charge is 2.14. The van der Waals surface area contributed by atoms with Crippen molar-refractivity contribution in [3.05, 3.63) is 57.0 Å². The van der Waals surface area contributed by atoms with Gasteiger partial charge in [0.05, 0.1) is 5.75 Å². The Morgan fingerprint density at radius 3 is 2.74 bits per heavy atom. The second-order valence-electron chi connectivity index (χ2n) is 6.41. The van der Waals surface area contributed by atoms with Crippen molar-refractivity contribution >= 4 is 17.7 Å². The van der Waals surface area contributed by atoms with Crippen LogP contribution in [0.2, 0.25) is 0 Å². The number of aryl methyl sites for hydroxylation is 2. The predicted octanol–water partition coefficient (Wildman–Crippen LogP) is 2.23. The van der Waals surface area contributed by atoms with Gasteiger partial charge in [0.1, 0.15) is 0 Å². The molecular formula is C20H27N3O3S. The molecular weight excluding hydrogens is 362 g/mol. The number of rotatable bonds is 9. The lowest BCUT2D eigenvalue weighted by Gasteiger charge is -2.13. The zero-order valence-electron chi connectivity index (χ0n) is 16.4. The normalized spacial score (nSPS) is 10.8. The van der Waals surface area contributed by atoms with E-state index in [1.165, 1.54) is 16.3 Å². The standard InChI is InChI=1S/C20H27N3O3S/c1-14-8-5-6-9-16(14)12-17-15(2)22-20(23(3)19(17)25)27-13-18(24)21-10-7-11-26-4/h5-6,8-9H,7,10-13H2,1-4H3,(H,21,24). The lowest BCUT2D eigenvalue weighted by Crippen LogP contribution is -2.29. The summed E-state index contributed by atoms with van der Waals surface area (Å²) < 4.78 is 6.48. The molecule has 1 heterocycles. The second-order valence-corrected chi connectivity index (χ2v) is 7.35. The quantitative estimate of drug-likeness (QED) is 0.404. The van der Waals surface area contributed by atoms with Gasteiger partial charge in [-0.2, -0.15) is 0 Å². The van der Waals surface area contributed by atoms with Crippen molar-refractivity contribution in [2.24, 2.45) is 7.05 Å². The molecule has 0 saturated carbocycles. The number of carbonyl (C=O) groups excluding carboxylic acids is 1. The molecule has 1 aromatic carbocycles. The van der Waals surface area contributed by atoms with E-state index in [2.05, 4.69) is 10.3 Å². The largest absolute Gasteiger partial charge is 0.385 e. The number of carbonyl (C=O) groups is 1. The molecule has 0 aliphatic rings. The number of amides is 1. The van der Waals surface area contributed by atoms with E-state index in [0.717, 1.165) is 17.5 Å². The number of benzene rings is 1. The number of thioether (sulfide) groups is 1. The molecule has 7 heteroatoms. The molecule has 0 spiro atoms. The van der Waals surface area contributed by atoms with Gasteiger partial charge in [-0.3, -0.25) is 14.2 Å². The summed E-state index contributed by atoms with van der Waals surface area (Å²) in [5.41, 5.74) is 3.62. The number of aromatic nitrogens is 2. The molecule has 2 aromatic rings. The molecule has 0 atom stereocenters. The van der Waals surface area contributed by atoms with Crippen molar-refractivity contribution in [2.45, 2.75) is 31.8 Å². The molecule has 6 nitrogen and oxygen atoms in total. The summed E-state index contributed by atoms with van der Waals surface area (Å²) in [5.74, 6) is 0.149. The number of methoxy groups -OCH3 is 1. The maximum Gasteiger partial charge on any atom is 0.257 e. The van der Waals surface area contributed by atoms with E-state index in [1.807, 2.05) is 38.1 Å². The summed E-state index contributed by atoms with van der Waals surface area (Å²) in [5, 5.41) is 3.39. The summed E-state index contributed by atoms with van der Waals surface area (Å²) >= 11 is 1.27. The molecule has 0 fully saturated rings. The van der Waals surface area contributed by atoms with Crippen LogP contribution in [0.4, 0.5) is 0 Å². The van der Waals surface area contributed by atoms with Gasteiger partial charge in [-0.1, -0.05) is 36.0 Å². The summed E-state index contributed by atoms with van der Waals surface area (Å²) in [4.78, 5) is 29.3. The minimum absolute atomic E-state index is 0.0613. The SMILES string of the molecule is COCCCNC(=O)CSc1nc(C)c(Cc2ccccc2C)c(=O)n1C. The van der Waals surface area contributed by atoms with Crippen LogP contribution >= 0.6 is 11.8 Å². The smallest absolute Gasteiger partial charge is 0.257 e. The van der Waals surface area contributed by atoms with Gasteiger partial charge in [0.25, 0.3) is 5.56 Å². The first-order chi connectivity index (χ1) is 12.9. The van der Waals surface area contributed by atoms with E-state index in [4.69, 9.17) is 4.74 Å². The van der Waals surface area contributed by atoms with Crippen molar-refractivity contribution in [1.29, 1.82) is 0 Å². The van der Waals surface area contributed by atoms with Gasteiger partial charge in [0, 0.05) is 45.0 Å². The Hall–Kier alpha value is -2.12. The van der Waals surface area contributed by atoms with Crippen molar-refractivity contribution < 1.29 is 9.53 Å². The van der Waals surface area contributed by atoms with Crippen molar-refractivity contribution in [3.63, 3.8) is 0 Å². The highest BCUT2D eigenvalue weighted by Crippen LogP contribution is 2.17. The molecule has 0 aliphatic heterocycles. The Bertz CT molecular complexity index is 849. The van der Waals surface area contributed by atoms with Gasteiger partial charge in [-0.05, 0) is 31.4 Å². The number of ether oxygens (including phenoxy) is 1. The van der Waals surface area contributed by atoms with Crippen LogP contribution in [0.15, 0.2) is 34.2 Å². The lowest BCUT2D eigenvalue weighted by molar-refractivity contribution is -0.118. The lowest BCUT2D eigenvalue weighted by atomic mass is 10.0. The van der Waals surface area contributed by atoms with Gasteiger partial charge >= 0.3 is 0 Å². The van der Waals surface area contributed by atoms with Crippen molar-refractivity contribution in [3.8, 4) is 0 Å². The molecule has 1 N–H and O–H groups in total. The number of nitrogens with zero attached hydrogens (tertiary/aromatic N) is 2. The number of hydrogen-bond acceptors (Lipinski definition) is 5. The number of hydrogen-bond donors (Lipinski definition) is 1. The fraction of sp³-hybridized carbons (Fsp3) is 0.450. The van der Waals surface area contributed by atoms with Crippen LogP contribution in [0.25, 0.3) is 0 Å². The number of nitrogens with one attached hydrogen (secondary N) is 1. The van der Waals surface area contributed by atoms with Crippen LogP contribution < -0.4 is 10.9 Å². The third-order valence-electron chi connectivity index (χ3n) is 4.36. The fourth-order valence-electron chi connectivity index (χ4n) is 2.69. The maximum absolute atomic E-state index is 12.8. The van der Waals surface area contributed by atoms with Crippen molar-refractivity contribution in [1.82, 2.24) is 14.9 Å². The van der Waals surface area contributed by atoms with Crippen molar-refractivity contribution in [2.75, 3.05) is 26.0 Å². The van der Waals surface area contributed by atoms with E-state index >= 15 is 0 Å². The average molecular weight is 390 g/mol. The predicted molar refractivity (Wildman–Crippen MR) is 108 cm³/mol. The molecule has 146 valence electrons. The molecule has 1 aromatic heterocycles. The first-order valence-electron chi connectivity index (χ1n) is 8.93. The fourth-order valence-corrected chi connectivity index (χ4v) is 3.53. The summed E-state index contributed by atoms with van der Waals surface area (Å²) in [6, 6.07) is 8.04. The van der Waals surface area contributed by atoms with E-state index in [0.29, 0.717) is 36.0 Å². The van der Waals surface area contributed by atoms with Crippen LogP contribution in [0.1, 0.15) is 28.8 Å². The first kappa shape index (κ1) is 21.2. The molecule has 0 unspecified atom stereocenters. The van der Waals surface area contributed by atoms with Crippen LogP contribution in [-0.2, 0) is 23.0 Å². The molecule has 27 heavy (non-hydrogen) atoms. The van der Waals surface area contributed by atoms with Gasteiger partial charge < -0.3 is 10.1 Å². The van der Waals surface area contributed by atoms with Gasteiger partial charge in [-0.25, -0.2) is 4.98 Å². The van der Waals surface area contributed by atoms with Gasteiger partial charge in [0.15, 0.2) is 5.16 Å². The zero-order valence-corrected chi connectivity index (χ0v) is 17.2. The summed E-state index contributed by atoms with van der Waals surface area (Å²) in [6.45, 7) is 5.08. The highest BCUT2D eigenvalue weighted by molar-refractivity contribution is 7.99. The Morgan fingerprint density at radius 1 is 1.30 bits per heavy atom. The molecule has 2 rings (SSSR count). The van der Waals surface area contributed by atoms with E-state index in [9.17, 15) is 9.59 Å². The molecule has 0 saturated heterocycles. The first-order valence-corrected chi connectivity index (χ1v) is 9.92. The van der Waals surface area contributed by atoms with Crippen LogP contribution in [0.3, 0.4) is 0 Å². The van der Waals surface area contributed by atoms with Crippen LogP contribution in [0.5, 0.6) is 0 Å². The molecule has 0 bridgehead atoms. The molecule has 0 aliphatic carbocycles. The highest BCUT2D eigenvalue weighted by atomic mass is 32.2. The average Bonchev–Trinajstić information content (AvgIpc) is 2.65. The monoisotopic (exact) mass is 389 g/mol. The third kappa shape index (κ3) is 5.94. The van der Waals surface area contributed by atoms with Crippen LogP contribution in [-0.4, -0.2) is 41.5 Å². The van der Waals surface area contributed by atoms with E-state index in [-0.39, 0.29) is 17.2 Å². The Labute approximate surface area is 164 Å². The van der Waals surface area contributed by atoms with E-state index in [1.54, 1.807) is 14.2 Å². The third-order valence-corrected chi connectivity index (χ3v) is 5.39. The van der Waals surface area contributed by atoms with E-state index < -0.39 is 0 Å². The Balaban J connectivity index is 2.07. The van der Waals surface area contributed by atoms with Gasteiger partial charge in [-0.15, -0.1) is 0 Å². The zero-order chi connectivity index (χ0) is 19.8. The summed E-state index contributed by atoms with van der Waals surface area (Å²) in [7, 11) is 3.34. The maximum atomic E-state index is 12.8. The minimum Gasteiger partial charge on any atom is -0.385 e. The Kier molecular flexibility index (Phi) is 8.06. The Morgan fingerprint density at radius 2 is 2.04 bits per heavy atom. The molecule has 0 radical (unpaired) electrons. The summed E-state index contributed by atoms with van der Waals surface area (Å²) in [6.07, 6.45) is 1.33. The van der Waals surface area contributed by atoms with Crippen LogP contribution in [0, 0.1) is 13.8 Å². The molecule has 1 amide bonds.